The lowest BCUT2D eigenvalue weighted by Crippen LogP contribution is -2.37. The van der Waals surface area contributed by atoms with E-state index in [2.05, 4.69) is 22.8 Å². The van der Waals surface area contributed by atoms with Crippen LogP contribution in [0.15, 0.2) is 41.8 Å². The Labute approximate surface area is 123 Å². The van der Waals surface area contributed by atoms with E-state index in [-0.39, 0.29) is 6.03 Å². The molecule has 0 saturated carbocycles. The molecule has 0 spiro atoms. The maximum atomic E-state index is 12.0. The average Bonchev–Trinajstić information content (AvgIpc) is 2.87. The van der Waals surface area contributed by atoms with Gasteiger partial charge < -0.3 is 10.2 Å². The summed E-state index contributed by atoms with van der Waals surface area (Å²) in [6.07, 6.45) is 4.91. The molecule has 0 aliphatic carbocycles. The third-order valence-electron chi connectivity index (χ3n) is 3.14. The van der Waals surface area contributed by atoms with Crippen LogP contribution in [-0.4, -0.2) is 24.5 Å². The monoisotopic (exact) mass is 288 g/mol. The van der Waals surface area contributed by atoms with Gasteiger partial charge in [-0.25, -0.2) is 4.79 Å². The van der Waals surface area contributed by atoms with Gasteiger partial charge in [0.25, 0.3) is 0 Å². The van der Waals surface area contributed by atoms with E-state index in [1.54, 1.807) is 16.2 Å². The average molecular weight is 288 g/mol. The quantitative estimate of drug-likeness (QED) is 0.654. The lowest BCUT2D eigenvalue weighted by molar-refractivity contribution is 0.207. The number of nitrogens with zero attached hydrogens (tertiary/aromatic N) is 1. The van der Waals surface area contributed by atoms with Gasteiger partial charge in [0, 0.05) is 24.8 Å². The van der Waals surface area contributed by atoms with Gasteiger partial charge in [0.2, 0.25) is 0 Å². The largest absolute Gasteiger partial charge is 0.338 e. The van der Waals surface area contributed by atoms with Crippen molar-refractivity contribution in [2.24, 2.45) is 0 Å². The lowest BCUT2D eigenvalue weighted by atomic mass is 10.2. The zero-order chi connectivity index (χ0) is 14.4. The van der Waals surface area contributed by atoms with Crippen molar-refractivity contribution in [2.45, 2.75) is 19.9 Å². The third-order valence-corrected chi connectivity index (χ3v) is 4.15. The summed E-state index contributed by atoms with van der Waals surface area (Å²) in [6, 6.07) is 8.28. The number of fused-ring (bicyclic) bond motifs is 1. The number of hydrogen-bond acceptors (Lipinski definition) is 2. The predicted molar refractivity (Wildman–Crippen MR) is 86.1 cm³/mol. The fourth-order valence-corrected chi connectivity index (χ4v) is 3.00. The predicted octanol–water partition coefficient (Wildman–Crippen LogP) is 4.01. The van der Waals surface area contributed by atoms with E-state index in [0.29, 0.717) is 13.1 Å². The zero-order valence-corrected chi connectivity index (χ0v) is 12.7. The highest BCUT2D eigenvalue weighted by atomic mass is 32.1. The molecule has 1 heterocycles. The highest BCUT2D eigenvalue weighted by Crippen LogP contribution is 2.26. The Morgan fingerprint density at radius 2 is 2.20 bits per heavy atom. The first kappa shape index (κ1) is 14.6. The van der Waals surface area contributed by atoms with Crippen LogP contribution < -0.4 is 5.32 Å². The Balaban J connectivity index is 1.93. The molecule has 106 valence electrons. The molecule has 0 fully saturated rings. The molecule has 2 amide bonds. The minimum atomic E-state index is -0.0233. The molecule has 0 radical (unpaired) electrons. The standard InChI is InChI=1S/C16H20N2OS/c1-3-4-7-10-17-16(19)18(2)11-13-12-20-15-9-6-5-8-14(13)15/h3-6,8-9,12H,7,10-11H2,1-2H3,(H,17,19)/b4-3+. The summed E-state index contributed by atoms with van der Waals surface area (Å²) >= 11 is 1.72. The van der Waals surface area contributed by atoms with Gasteiger partial charge in [0.05, 0.1) is 0 Å². The van der Waals surface area contributed by atoms with E-state index in [4.69, 9.17) is 0 Å². The summed E-state index contributed by atoms with van der Waals surface area (Å²) in [5.74, 6) is 0. The number of carbonyl (C=O) groups is 1. The molecule has 4 heteroatoms. The Morgan fingerprint density at radius 1 is 1.40 bits per heavy atom. The van der Waals surface area contributed by atoms with Gasteiger partial charge in [-0.15, -0.1) is 11.3 Å². The fraction of sp³-hybridized carbons (Fsp3) is 0.312. The van der Waals surface area contributed by atoms with Gasteiger partial charge in [-0.05, 0) is 35.7 Å². The molecule has 0 bridgehead atoms. The Bertz CT molecular complexity index is 603. The third kappa shape index (κ3) is 3.61. The van der Waals surface area contributed by atoms with Crippen molar-refractivity contribution in [3.8, 4) is 0 Å². The second kappa shape index (κ2) is 7.10. The second-order valence-corrected chi connectivity index (χ2v) is 5.61. The summed E-state index contributed by atoms with van der Waals surface area (Å²) in [4.78, 5) is 13.7. The number of thiophene rings is 1. The molecule has 1 N–H and O–H groups in total. The number of urea groups is 1. The van der Waals surface area contributed by atoms with Crippen molar-refractivity contribution in [1.82, 2.24) is 10.2 Å². The number of amides is 2. The maximum Gasteiger partial charge on any atom is 0.317 e. The number of rotatable bonds is 5. The number of nitrogens with one attached hydrogen (secondary N) is 1. The molecule has 1 aromatic carbocycles. The van der Waals surface area contributed by atoms with E-state index in [1.165, 1.54) is 15.6 Å². The molecule has 2 aromatic rings. The molecule has 3 nitrogen and oxygen atoms in total. The van der Waals surface area contributed by atoms with Gasteiger partial charge in [0.1, 0.15) is 0 Å². The molecule has 0 saturated heterocycles. The first-order valence-corrected chi connectivity index (χ1v) is 7.65. The van der Waals surface area contributed by atoms with E-state index >= 15 is 0 Å². The van der Waals surface area contributed by atoms with E-state index < -0.39 is 0 Å². The summed E-state index contributed by atoms with van der Waals surface area (Å²) < 4.78 is 1.27. The van der Waals surface area contributed by atoms with Gasteiger partial charge >= 0.3 is 6.03 Å². The summed E-state index contributed by atoms with van der Waals surface area (Å²) in [5, 5.41) is 6.29. The molecular formula is C16H20N2OS. The molecule has 2 rings (SSSR count). The van der Waals surface area contributed by atoms with Gasteiger partial charge in [-0.3, -0.25) is 0 Å². The van der Waals surface area contributed by atoms with Crippen LogP contribution in [0.3, 0.4) is 0 Å². The Kier molecular flexibility index (Phi) is 5.18. The smallest absolute Gasteiger partial charge is 0.317 e. The highest BCUT2D eigenvalue weighted by molar-refractivity contribution is 7.17. The first-order chi connectivity index (χ1) is 9.72. The topological polar surface area (TPSA) is 32.3 Å². The molecule has 20 heavy (non-hydrogen) atoms. The molecular weight excluding hydrogens is 268 g/mol. The molecule has 0 aliphatic heterocycles. The van der Waals surface area contributed by atoms with Gasteiger partial charge in [-0.1, -0.05) is 30.4 Å². The van der Waals surface area contributed by atoms with Gasteiger partial charge in [-0.2, -0.15) is 0 Å². The first-order valence-electron chi connectivity index (χ1n) is 6.77. The Morgan fingerprint density at radius 3 is 3.00 bits per heavy atom. The van der Waals surface area contributed by atoms with E-state index in [9.17, 15) is 4.79 Å². The molecule has 0 unspecified atom stereocenters. The minimum Gasteiger partial charge on any atom is -0.338 e. The SMILES string of the molecule is C/C=C/CCNC(=O)N(C)Cc1csc2ccccc12. The van der Waals surface area contributed by atoms with Crippen LogP contribution >= 0.6 is 11.3 Å². The summed E-state index contributed by atoms with van der Waals surface area (Å²) in [6.45, 7) is 3.30. The highest BCUT2D eigenvalue weighted by Gasteiger charge is 2.11. The van der Waals surface area contributed by atoms with Crippen LogP contribution in [0.25, 0.3) is 10.1 Å². The zero-order valence-electron chi connectivity index (χ0n) is 11.9. The van der Waals surface area contributed by atoms with Gasteiger partial charge in [0.15, 0.2) is 0 Å². The van der Waals surface area contributed by atoms with Crippen LogP contribution in [0.1, 0.15) is 18.9 Å². The van der Waals surface area contributed by atoms with Crippen molar-refractivity contribution in [3.63, 3.8) is 0 Å². The number of allylic oxidation sites excluding steroid dienone is 1. The maximum absolute atomic E-state index is 12.0. The van der Waals surface area contributed by atoms with Crippen molar-refractivity contribution in [2.75, 3.05) is 13.6 Å². The van der Waals surface area contributed by atoms with Crippen molar-refractivity contribution < 1.29 is 4.79 Å². The van der Waals surface area contributed by atoms with Crippen LogP contribution in [0.2, 0.25) is 0 Å². The van der Waals surface area contributed by atoms with Crippen molar-refractivity contribution in [1.29, 1.82) is 0 Å². The number of carbonyl (C=O) groups excluding carboxylic acids is 1. The summed E-state index contributed by atoms with van der Waals surface area (Å²) in [5.41, 5.74) is 1.21. The summed E-state index contributed by atoms with van der Waals surface area (Å²) in [7, 11) is 1.83. The van der Waals surface area contributed by atoms with Crippen LogP contribution in [0, 0.1) is 0 Å². The number of benzene rings is 1. The lowest BCUT2D eigenvalue weighted by Gasteiger charge is -2.17. The normalized spacial score (nSPS) is 11.1. The molecule has 0 aliphatic rings. The number of hydrogen-bond donors (Lipinski definition) is 1. The van der Waals surface area contributed by atoms with Crippen LogP contribution in [0.5, 0.6) is 0 Å². The van der Waals surface area contributed by atoms with Crippen LogP contribution in [0.4, 0.5) is 4.79 Å². The molecule has 1 aromatic heterocycles. The minimum absolute atomic E-state index is 0.0233. The Hall–Kier alpha value is -1.81. The van der Waals surface area contributed by atoms with Crippen molar-refractivity contribution >= 4 is 27.5 Å². The second-order valence-electron chi connectivity index (χ2n) is 4.70. The molecule has 0 atom stereocenters. The van der Waals surface area contributed by atoms with E-state index in [0.717, 1.165) is 6.42 Å². The van der Waals surface area contributed by atoms with Crippen LogP contribution in [-0.2, 0) is 6.54 Å². The van der Waals surface area contributed by atoms with Crippen molar-refractivity contribution in [3.05, 3.63) is 47.4 Å². The van der Waals surface area contributed by atoms with E-state index in [1.807, 2.05) is 38.3 Å². The fourth-order valence-electron chi connectivity index (χ4n) is 2.05.